The van der Waals surface area contributed by atoms with Crippen molar-refractivity contribution in [2.45, 2.75) is 19.9 Å². The van der Waals surface area contributed by atoms with Crippen LogP contribution in [0, 0.1) is 6.92 Å². The van der Waals surface area contributed by atoms with Crippen molar-refractivity contribution in [3.8, 4) is 0 Å². The zero-order valence-electron chi connectivity index (χ0n) is 12.0. The van der Waals surface area contributed by atoms with E-state index in [0.29, 0.717) is 17.3 Å². The molecule has 3 rings (SSSR count). The number of alkyl halides is 1. The quantitative estimate of drug-likeness (QED) is 0.688. The molecule has 2 heterocycles. The number of hydrogen-bond donors (Lipinski definition) is 0. The molecular formula is C15H16Cl2N4. The first-order chi connectivity index (χ1) is 10.1. The molecule has 0 amide bonds. The Hall–Kier alpha value is -1.52. The van der Waals surface area contributed by atoms with Crippen molar-refractivity contribution in [2.24, 2.45) is 7.05 Å². The SMILES string of the molecule is Cc1nn(C)cc1Cn1c(CCCl)nc2c(Cl)cccc21. The smallest absolute Gasteiger partial charge is 0.111 e. The van der Waals surface area contributed by atoms with Crippen LogP contribution in [0.2, 0.25) is 5.02 Å². The van der Waals surface area contributed by atoms with Crippen LogP contribution < -0.4 is 0 Å². The Balaban J connectivity index is 2.13. The minimum Gasteiger partial charge on any atom is -0.323 e. The van der Waals surface area contributed by atoms with E-state index in [0.717, 1.165) is 29.1 Å². The molecule has 0 unspecified atom stereocenters. The van der Waals surface area contributed by atoms with Crippen molar-refractivity contribution < 1.29 is 0 Å². The van der Waals surface area contributed by atoms with E-state index >= 15 is 0 Å². The van der Waals surface area contributed by atoms with E-state index < -0.39 is 0 Å². The van der Waals surface area contributed by atoms with Gasteiger partial charge in [-0.1, -0.05) is 17.7 Å². The normalized spacial score (nSPS) is 11.4. The number of benzene rings is 1. The van der Waals surface area contributed by atoms with Gasteiger partial charge in [0, 0.05) is 31.1 Å². The number of halogens is 2. The largest absolute Gasteiger partial charge is 0.323 e. The number of aryl methyl sites for hydroxylation is 3. The van der Waals surface area contributed by atoms with Crippen molar-refractivity contribution in [3.05, 3.63) is 46.5 Å². The average molecular weight is 323 g/mol. The van der Waals surface area contributed by atoms with E-state index in [-0.39, 0.29) is 0 Å². The van der Waals surface area contributed by atoms with Gasteiger partial charge >= 0.3 is 0 Å². The molecule has 0 aliphatic carbocycles. The van der Waals surface area contributed by atoms with Gasteiger partial charge in [-0.2, -0.15) is 5.10 Å². The van der Waals surface area contributed by atoms with E-state index in [2.05, 4.69) is 14.6 Å². The van der Waals surface area contributed by atoms with Crippen LogP contribution >= 0.6 is 23.2 Å². The first kappa shape index (κ1) is 14.4. The second kappa shape index (κ2) is 5.70. The lowest BCUT2D eigenvalue weighted by Gasteiger charge is -2.07. The molecule has 1 aromatic carbocycles. The summed E-state index contributed by atoms with van der Waals surface area (Å²) < 4.78 is 4.01. The van der Waals surface area contributed by atoms with Crippen LogP contribution in [0.3, 0.4) is 0 Å². The van der Waals surface area contributed by atoms with Crippen LogP contribution in [0.1, 0.15) is 17.1 Å². The first-order valence-corrected chi connectivity index (χ1v) is 7.70. The number of imidazole rings is 1. The topological polar surface area (TPSA) is 35.6 Å². The Morgan fingerprint density at radius 1 is 1.29 bits per heavy atom. The lowest BCUT2D eigenvalue weighted by molar-refractivity contribution is 0.747. The molecule has 0 atom stereocenters. The monoisotopic (exact) mass is 322 g/mol. The lowest BCUT2D eigenvalue weighted by atomic mass is 10.2. The minimum absolute atomic E-state index is 0.535. The summed E-state index contributed by atoms with van der Waals surface area (Å²) in [7, 11) is 1.93. The maximum Gasteiger partial charge on any atom is 0.111 e. The van der Waals surface area contributed by atoms with Gasteiger partial charge in [0.2, 0.25) is 0 Å². The summed E-state index contributed by atoms with van der Waals surface area (Å²) in [5.74, 6) is 1.49. The molecule has 0 radical (unpaired) electrons. The predicted octanol–water partition coefficient (Wildman–Crippen LogP) is 3.56. The Kier molecular flexibility index (Phi) is 3.91. The molecule has 4 nitrogen and oxygen atoms in total. The summed E-state index contributed by atoms with van der Waals surface area (Å²) in [6.07, 6.45) is 2.75. The van der Waals surface area contributed by atoms with Gasteiger partial charge < -0.3 is 4.57 Å². The Bertz CT molecular complexity index is 788. The molecule has 0 fully saturated rings. The fraction of sp³-hybridized carbons (Fsp3) is 0.333. The van der Waals surface area contributed by atoms with Crippen molar-refractivity contribution >= 4 is 34.2 Å². The summed E-state index contributed by atoms with van der Waals surface area (Å²) in [5.41, 5.74) is 4.07. The molecule has 6 heteroatoms. The second-order valence-electron chi connectivity index (χ2n) is 5.07. The van der Waals surface area contributed by atoms with Crippen LogP contribution in [0.5, 0.6) is 0 Å². The first-order valence-electron chi connectivity index (χ1n) is 6.79. The van der Waals surface area contributed by atoms with Crippen LogP contribution in [0.4, 0.5) is 0 Å². The molecule has 0 saturated heterocycles. The summed E-state index contributed by atoms with van der Waals surface area (Å²) in [5, 5.41) is 5.07. The number of para-hydroxylation sites is 1. The molecule has 2 aromatic heterocycles. The van der Waals surface area contributed by atoms with Gasteiger partial charge in [0.25, 0.3) is 0 Å². The highest BCUT2D eigenvalue weighted by molar-refractivity contribution is 6.34. The summed E-state index contributed by atoms with van der Waals surface area (Å²) in [6.45, 7) is 2.74. The van der Waals surface area contributed by atoms with Crippen LogP contribution in [-0.2, 0) is 20.0 Å². The van der Waals surface area contributed by atoms with Crippen molar-refractivity contribution in [1.29, 1.82) is 0 Å². The van der Waals surface area contributed by atoms with E-state index in [9.17, 15) is 0 Å². The number of hydrogen-bond acceptors (Lipinski definition) is 2. The van der Waals surface area contributed by atoms with Gasteiger partial charge in [-0.15, -0.1) is 11.6 Å². The third-order valence-electron chi connectivity index (χ3n) is 3.57. The molecule has 0 spiro atoms. The second-order valence-corrected chi connectivity index (χ2v) is 5.86. The van der Waals surface area contributed by atoms with E-state index in [4.69, 9.17) is 23.2 Å². The van der Waals surface area contributed by atoms with Gasteiger partial charge in [-0.05, 0) is 19.1 Å². The Morgan fingerprint density at radius 2 is 2.10 bits per heavy atom. The van der Waals surface area contributed by atoms with Crippen LogP contribution in [0.25, 0.3) is 11.0 Å². The Labute approximate surface area is 133 Å². The lowest BCUT2D eigenvalue weighted by Crippen LogP contribution is -2.06. The number of fused-ring (bicyclic) bond motifs is 1. The minimum atomic E-state index is 0.535. The van der Waals surface area contributed by atoms with E-state index in [1.165, 1.54) is 5.56 Å². The molecule has 110 valence electrons. The van der Waals surface area contributed by atoms with Crippen molar-refractivity contribution in [2.75, 3.05) is 5.88 Å². The van der Waals surface area contributed by atoms with Crippen molar-refractivity contribution in [3.63, 3.8) is 0 Å². The highest BCUT2D eigenvalue weighted by Crippen LogP contribution is 2.25. The highest BCUT2D eigenvalue weighted by atomic mass is 35.5. The number of rotatable bonds is 4. The maximum atomic E-state index is 6.26. The summed E-state index contributed by atoms with van der Waals surface area (Å²) in [4.78, 5) is 4.65. The zero-order chi connectivity index (χ0) is 15.0. The average Bonchev–Trinajstić information content (AvgIpc) is 2.94. The summed E-state index contributed by atoms with van der Waals surface area (Å²) in [6, 6.07) is 5.85. The fourth-order valence-corrected chi connectivity index (χ4v) is 2.97. The molecular weight excluding hydrogens is 307 g/mol. The van der Waals surface area contributed by atoms with E-state index in [1.807, 2.05) is 43.0 Å². The fourth-order valence-electron chi connectivity index (χ4n) is 2.59. The van der Waals surface area contributed by atoms with Gasteiger partial charge in [0.1, 0.15) is 11.3 Å². The standard InChI is InChI=1S/C15H16Cl2N4/c1-10-11(8-20(2)19-10)9-21-13-5-3-4-12(17)15(13)18-14(21)6-7-16/h3-5,8H,6-7,9H2,1-2H3. The third kappa shape index (κ3) is 2.65. The van der Waals surface area contributed by atoms with Crippen LogP contribution in [-0.4, -0.2) is 25.2 Å². The van der Waals surface area contributed by atoms with Gasteiger partial charge in [0.05, 0.1) is 22.8 Å². The Morgan fingerprint density at radius 3 is 2.76 bits per heavy atom. The number of nitrogens with zero attached hydrogens (tertiary/aromatic N) is 4. The molecule has 21 heavy (non-hydrogen) atoms. The van der Waals surface area contributed by atoms with Gasteiger partial charge in [0.15, 0.2) is 0 Å². The zero-order valence-corrected chi connectivity index (χ0v) is 13.5. The predicted molar refractivity (Wildman–Crippen MR) is 86.2 cm³/mol. The van der Waals surface area contributed by atoms with E-state index in [1.54, 1.807) is 0 Å². The van der Waals surface area contributed by atoms with Gasteiger partial charge in [-0.25, -0.2) is 4.98 Å². The van der Waals surface area contributed by atoms with Crippen molar-refractivity contribution in [1.82, 2.24) is 19.3 Å². The number of aromatic nitrogens is 4. The highest BCUT2D eigenvalue weighted by Gasteiger charge is 2.14. The molecule has 0 N–H and O–H groups in total. The van der Waals surface area contributed by atoms with Crippen LogP contribution in [0.15, 0.2) is 24.4 Å². The molecule has 0 aliphatic rings. The molecule has 3 aromatic rings. The third-order valence-corrected chi connectivity index (χ3v) is 4.06. The van der Waals surface area contributed by atoms with Gasteiger partial charge in [-0.3, -0.25) is 4.68 Å². The maximum absolute atomic E-state index is 6.26. The molecule has 0 saturated carbocycles. The molecule has 0 aliphatic heterocycles. The molecule has 0 bridgehead atoms. The summed E-state index contributed by atoms with van der Waals surface area (Å²) >= 11 is 12.2.